The molecule has 0 bridgehead atoms. The fourth-order valence-corrected chi connectivity index (χ4v) is 1.97. The van der Waals surface area contributed by atoms with E-state index in [0.717, 1.165) is 11.1 Å². The Morgan fingerprint density at radius 2 is 2.11 bits per heavy atom. The van der Waals surface area contributed by atoms with E-state index in [1.165, 1.54) is 11.3 Å². The van der Waals surface area contributed by atoms with Crippen molar-refractivity contribution >= 4 is 22.7 Å². The van der Waals surface area contributed by atoms with Gasteiger partial charge in [-0.15, -0.1) is 11.3 Å². The van der Waals surface area contributed by atoms with Crippen LogP contribution in [0.4, 0.5) is 0 Å². The molecule has 0 unspecified atom stereocenters. The number of thiazole rings is 1. The SMILES string of the molecule is C=C(C)c1ccc(OCC(=O)c2nccs2)cc1. The highest BCUT2D eigenvalue weighted by molar-refractivity contribution is 7.11. The van der Waals surface area contributed by atoms with Crippen molar-refractivity contribution in [1.82, 2.24) is 4.98 Å². The Hall–Kier alpha value is -1.94. The third-order valence-electron chi connectivity index (χ3n) is 2.39. The van der Waals surface area contributed by atoms with Crippen LogP contribution < -0.4 is 4.74 Å². The highest BCUT2D eigenvalue weighted by Crippen LogP contribution is 2.17. The van der Waals surface area contributed by atoms with Crippen molar-refractivity contribution < 1.29 is 9.53 Å². The third-order valence-corrected chi connectivity index (χ3v) is 3.20. The zero-order chi connectivity index (χ0) is 13.0. The summed E-state index contributed by atoms with van der Waals surface area (Å²) in [7, 11) is 0. The average Bonchev–Trinajstić information content (AvgIpc) is 2.90. The summed E-state index contributed by atoms with van der Waals surface area (Å²) in [5.41, 5.74) is 2.06. The van der Waals surface area contributed by atoms with Gasteiger partial charge >= 0.3 is 0 Å². The first-order chi connectivity index (χ1) is 8.66. The number of benzene rings is 1. The summed E-state index contributed by atoms with van der Waals surface area (Å²) in [6.45, 7) is 5.82. The van der Waals surface area contributed by atoms with Crippen LogP contribution in [-0.2, 0) is 0 Å². The van der Waals surface area contributed by atoms with E-state index in [-0.39, 0.29) is 12.4 Å². The lowest BCUT2D eigenvalue weighted by atomic mass is 10.1. The summed E-state index contributed by atoms with van der Waals surface area (Å²) in [5.74, 6) is 0.568. The molecule has 0 aliphatic heterocycles. The van der Waals surface area contributed by atoms with E-state index in [1.807, 2.05) is 31.2 Å². The summed E-state index contributed by atoms with van der Waals surface area (Å²) in [4.78, 5) is 15.6. The molecule has 0 saturated carbocycles. The number of nitrogens with zero attached hydrogens (tertiary/aromatic N) is 1. The number of allylic oxidation sites excluding steroid dienone is 1. The fraction of sp³-hybridized carbons (Fsp3) is 0.143. The molecule has 2 aromatic rings. The maximum absolute atomic E-state index is 11.7. The number of aromatic nitrogens is 1. The second-order valence-electron chi connectivity index (χ2n) is 3.85. The van der Waals surface area contributed by atoms with Crippen LogP contribution in [0.3, 0.4) is 0 Å². The molecular formula is C14H13NO2S. The van der Waals surface area contributed by atoms with Crippen molar-refractivity contribution in [3.05, 3.63) is 53.0 Å². The standard InChI is InChI=1S/C14H13NO2S/c1-10(2)11-3-5-12(6-4-11)17-9-13(16)14-15-7-8-18-14/h3-8H,1,9H2,2H3. The van der Waals surface area contributed by atoms with E-state index in [2.05, 4.69) is 11.6 Å². The van der Waals surface area contributed by atoms with Gasteiger partial charge in [-0.1, -0.05) is 24.3 Å². The minimum Gasteiger partial charge on any atom is -0.485 e. The molecule has 0 saturated heterocycles. The molecule has 92 valence electrons. The van der Waals surface area contributed by atoms with E-state index >= 15 is 0 Å². The molecule has 1 aromatic carbocycles. The Kier molecular flexibility index (Phi) is 3.89. The van der Waals surface area contributed by atoms with Gasteiger partial charge in [-0.2, -0.15) is 0 Å². The summed E-state index contributed by atoms with van der Waals surface area (Å²) in [5, 5.41) is 2.25. The maximum atomic E-state index is 11.7. The summed E-state index contributed by atoms with van der Waals surface area (Å²) < 4.78 is 5.41. The quantitative estimate of drug-likeness (QED) is 0.772. The van der Waals surface area contributed by atoms with Crippen molar-refractivity contribution in [1.29, 1.82) is 0 Å². The van der Waals surface area contributed by atoms with Crippen LogP contribution in [0.1, 0.15) is 22.3 Å². The molecule has 18 heavy (non-hydrogen) atoms. The van der Waals surface area contributed by atoms with E-state index in [1.54, 1.807) is 11.6 Å². The zero-order valence-corrected chi connectivity index (χ0v) is 10.9. The van der Waals surface area contributed by atoms with Gasteiger partial charge in [-0.05, 0) is 24.6 Å². The van der Waals surface area contributed by atoms with Gasteiger partial charge in [-0.3, -0.25) is 4.79 Å². The predicted molar refractivity (Wildman–Crippen MR) is 73.1 cm³/mol. The first-order valence-electron chi connectivity index (χ1n) is 5.48. The van der Waals surface area contributed by atoms with Gasteiger partial charge in [0.25, 0.3) is 0 Å². The van der Waals surface area contributed by atoms with E-state index in [0.29, 0.717) is 10.8 Å². The summed E-state index contributed by atoms with van der Waals surface area (Å²) in [6.07, 6.45) is 1.61. The molecule has 0 N–H and O–H groups in total. The van der Waals surface area contributed by atoms with Crippen molar-refractivity contribution in [2.75, 3.05) is 6.61 Å². The normalized spacial score (nSPS) is 10.1. The zero-order valence-electron chi connectivity index (χ0n) is 10.1. The van der Waals surface area contributed by atoms with Crippen LogP contribution in [0.25, 0.3) is 5.57 Å². The molecule has 2 rings (SSSR count). The van der Waals surface area contributed by atoms with E-state index < -0.39 is 0 Å². The number of hydrogen-bond acceptors (Lipinski definition) is 4. The van der Waals surface area contributed by atoms with Crippen molar-refractivity contribution in [2.45, 2.75) is 6.92 Å². The van der Waals surface area contributed by atoms with Gasteiger partial charge in [0, 0.05) is 11.6 Å². The first kappa shape index (κ1) is 12.5. The minimum absolute atomic E-state index is 0.0138. The van der Waals surface area contributed by atoms with Crippen molar-refractivity contribution in [3.63, 3.8) is 0 Å². The number of hydrogen-bond donors (Lipinski definition) is 0. The van der Waals surface area contributed by atoms with Crippen LogP contribution in [0.5, 0.6) is 5.75 Å². The Labute approximate surface area is 110 Å². The lowest BCUT2D eigenvalue weighted by molar-refractivity contribution is 0.0921. The van der Waals surface area contributed by atoms with Gasteiger partial charge < -0.3 is 4.74 Å². The Balaban J connectivity index is 1.94. The van der Waals surface area contributed by atoms with E-state index in [9.17, 15) is 4.79 Å². The van der Waals surface area contributed by atoms with Gasteiger partial charge in [-0.25, -0.2) is 4.98 Å². The lowest BCUT2D eigenvalue weighted by Crippen LogP contribution is -2.11. The molecule has 0 fully saturated rings. The highest BCUT2D eigenvalue weighted by atomic mass is 32.1. The molecule has 0 aliphatic rings. The van der Waals surface area contributed by atoms with Gasteiger partial charge in [0.05, 0.1) is 0 Å². The Morgan fingerprint density at radius 3 is 2.67 bits per heavy atom. The molecule has 0 aliphatic carbocycles. The molecule has 3 nitrogen and oxygen atoms in total. The fourth-order valence-electron chi connectivity index (χ4n) is 1.41. The lowest BCUT2D eigenvalue weighted by Gasteiger charge is -2.05. The number of carbonyl (C=O) groups excluding carboxylic acids is 1. The molecule has 0 spiro atoms. The second-order valence-corrected chi connectivity index (χ2v) is 4.75. The smallest absolute Gasteiger partial charge is 0.228 e. The maximum Gasteiger partial charge on any atom is 0.228 e. The van der Waals surface area contributed by atoms with Crippen LogP contribution >= 0.6 is 11.3 Å². The molecule has 4 heteroatoms. The number of rotatable bonds is 5. The highest BCUT2D eigenvalue weighted by Gasteiger charge is 2.09. The van der Waals surface area contributed by atoms with Gasteiger partial charge in [0.15, 0.2) is 11.6 Å². The van der Waals surface area contributed by atoms with E-state index in [4.69, 9.17) is 4.74 Å². The number of ether oxygens (including phenoxy) is 1. The molecule has 0 radical (unpaired) electrons. The number of Topliss-reactive ketones (excluding diaryl/α,β-unsaturated/α-hetero) is 1. The first-order valence-corrected chi connectivity index (χ1v) is 6.36. The second kappa shape index (κ2) is 5.60. The van der Waals surface area contributed by atoms with Crippen LogP contribution in [0, 0.1) is 0 Å². The van der Waals surface area contributed by atoms with Gasteiger partial charge in [0.1, 0.15) is 5.75 Å². The predicted octanol–water partition coefficient (Wildman–Crippen LogP) is 3.44. The monoisotopic (exact) mass is 259 g/mol. The van der Waals surface area contributed by atoms with Gasteiger partial charge in [0.2, 0.25) is 5.78 Å². The van der Waals surface area contributed by atoms with Crippen LogP contribution in [0.15, 0.2) is 42.4 Å². The largest absolute Gasteiger partial charge is 0.485 e. The Bertz CT molecular complexity index is 544. The molecule has 0 atom stereocenters. The van der Waals surface area contributed by atoms with Crippen LogP contribution in [-0.4, -0.2) is 17.4 Å². The van der Waals surface area contributed by atoms with Crippen molar-refractivity contribution in [2.24, 2.45) is 0 Å². The molecule has 1 heterocycles. The summed E-state index contributed by atoms with van der Waals surface area (Å²) >= 11 is 1.32. The molecule has 0 amide bonds. The molecular weight excluding hydrogens is 246 g/mol. The third kappa shape index (κ3) is 3.05. The Morgan fingerprint density at radius 1 is 1.39 bits per heavy atom. The van der Waals surface area contributed by atoms with Crippen LogP contribution in [0.2, 0.25) is 0 Å². The number of ketones is 1. The minimum atomic E-state index is -0.103. The average molecular weight is 259 g/mol. The summed E-state index contributed by atoms with van der Waals surface area (Å²) in [6, 6.07) is 7.51. The number of carbonyl (C=O) groups is 1. The molecule has 1 aromatic heterocycles. The topological polar surface area (TPSA) is 39.2 Å². The van der Waals surface area contributed by atoms with Crippen molar-refractivity contribution in [3.8, 4) is 5.75 Å².